The molecule has 16 heteroatoms. The normalized spacial score (nSPS) is 31.1. The van der Waals surface area contributed by atoms with Gasteiger partial charge in [-0.2, -0.15) is 10.2 Å². The molecule has 8 atom stereocenters. The minimum absolute atomic E-state index is 0.0789. The SMILES string of the molecule is CC[C@H]1O[C@@H](c2cnc3c(N)ncnn23)[C@H](F)[C@@H]1C.Nc1ncnn2c([C@@H]3O[C@H](CO)[C@@H](O)[C@H]3F)cnc12. The number of aliphatic hydroxyl groups excluding tert-OH is 2. The molecule has 0 amide bonds. The van der Waals surface area contributed by atoms with E-state index in [9.17, 15) is 13.9 Å². The Bertz CT molecular complexity index is 1310. The molecule has 0 saturated carbocycles. The summed E-state index contributed by atoms with van der Waals surface area (Å²) in [5.41, 5.74) is 13.0. The number of anilines is 2. The molecule has 2 saturated heterocycles. The largest absolute Gasteiger partial charge is 0.394 e. The molecule has 2 aliphatic rings. The molecule has 6 rings (SSSR count). The van der Waals surface area contributed by atoms with E-state index in [1.807, 2.05) is 13.8 Å². The highest BCUT2D eigenvalue weighted by atomic mass is 19.1. The standard InChI is InChI=1S/C12H16FN5O.C10H12FN5O3/c1-3-8-6(2)9(13)10(19-8)7-4-15-12-11(14)16-5-17-18(7)12;11-6-7(18)5(2-17)19-8(6)4-1-13-10-9(12)14-3-15-16(4)10/h4-6,8-10H,3H2,1-2H3,(H2,14,16,17);1,3,5-8,17-18H,2H2,(H2,12,14,15)/t6-,8-,9-,10+;5-,6-,7-,8+/m11/s1. The topological polar surface area (TPSA) is 197 Å². The zero-order chi connectivity index (χ0) is 27.1. The number of ether oxygens (including phenoxy) is 2. The van der Waals surface area contributed by atoms with Crippen molar-refractivity contribution in [1.82, 2.24) is 39.2 Å². The third-order valence-electron chi connectivity index (χ3n) is 6.90. The van der Waals surface area contributed by atoms with Crippen molar-refractivity contribution in [3.63, 3.8) is 0 Å². The van der Waals surface area contributed by atoms with Crippen molar-refractivity contribution in [2.24, 2.45) is 5.92 Å². The molecule has 6 heterocycles. The quantitative estimate of drug-likeness (QED) is 0.281. The average Bonchev–Trinajstić information content (AvgIpc) is 3.67. The van der Waals surface area contributed by atoms with Crippen LogP contribution >= 0.6 is 0 Å². The van der Waals surface area contributed by atoms with Gasteiger partial charge in [0.15, 0.2) is 29.1 Å². The van der Waals surface area contributed by atoms with Gasteiger partial charge < -0.3 is 31.2 Å². The van der Waals surface area contributed by atoms with Crippen molar-refractivity contribution in [3.05, 3.63) is 36.4 Å². The summed E-state index contributed by atoms with van der Waals surface area (Å²) in [4.78, 5) is 15.8. The first-order valence-corrected chi connectivity index (χ1v) is 12.0. The van der Waals surface area contributed by atoms with Gasteiger partial charge in [-0.25, -0.2) is 37.7 Å². The number of nitrogen functional groups attached to an aromatic ring is 2. The third kappa shape index (κ3) is 4.28. The summed E-state index contributed by atoms with van der Waals surface area (Å²) in [6.07, 6.45) is -0.631. The summed E-state index contributed by atoms with van der Waals surface area (Å²) in [5, 5.41) is 26.6. The van der Waals surface area contributed by atoms with E-state index in [0.29, 0.717) is 17.0 Å². The van der Waals surface area contributed by atoms with Gasteiger partial charge in [0.25, 0.3) is 0 Å². The van der Waals surface area contributed by atoms with Crippen LogP contribution in [0.25, 0.3) is 11.3 Å². The van der Waals surface area contributed by atoms with Crippen molar-refractivity contribution in [2.45, 2.75) is 63.1 Å². The second-order valence-corrected chi connectivity index (χ2v) is 9.15. The van der Waals surface area contributed by atoms with Crippen LogP contribution in [-0.4, -0.2) is 86.6 Å². The Hall–Kier alpha value is -3.60. The number of fused-ring (bicyclic) bond motifs is 2. The van der Waals surface area contributed by atoms with Crippen molar-refractivity contribution in [3.8, 4) is 0 Å². The van der Waals surface area contributed by atoms with Crippen LogP contribution in [0, 0.1) is 5.92 Å². The molecular formula is C22H28F2N10O4. The molecule has 4 aromatic heterocycles. The average molecular weight is 535 g/mol. The lowest BCUT2D eigenvalue weighted by Gasteiger charge is -2.12. The predicted octanol–water partition coefficient (Wildman–Crippen LogP) is 0.368. The minimum atomic E-state index is -1.67. The summed E-state index contributed by atoms with van der Waals surface area (Å²) >= 11 is 0. The first kappa shape index (κ1) is 26.0. The zero-order valence-corrected chi connectivity index (χ0v) is 20.5. The van der Waals surface area contributed by atoms with E-state index in [1.54, 1.807) is 6.20 Å². The number of hydrogen-bond acceptors (Lipinski definition) is 12. The molecule has 0 radical (unpaired) electrons. The molecule has 0 aromatic carbocycles. The number of rotatable bonds is 4. The Morgan fingerprint density at radius 2 is 1.37 bits per heavy atom. The molecule has 0 spiro atoms. The highest BCUT2D eigenvalue weighted by Gasteiger charge is 2.46. The molecule has 4 aromatic rings. The number of aromatic nitrogens is 8. The van der Waals surface area contributed by atoms with E-state index in [0.717, 1.165) is 6.42 Å². The van der Waals surface area contributed by atoms with Crippen LogP contribution in [0.4, 0.5) is 20.4 Å². The van der Waals surface area contributed by atoms with Crippen LogP contribution in [0.1, 0.15) is 43.9 Å². The lowest BCUT2D eigenvalue weighted by atomic mass is 9.97. The second-order valence-electron chi connectivity index (χ2n) is 9.15. The molecule has 2 fully saturated rings. The maximum atomic E-state index is 14.4. The Morgan fingerprint density at radius 3 is 1.82 bits per heavy atom. The fraction of sp³-hybridized carbons (Fsp3) is 0.545. The zero-order valence-electron chi connectivity index (χ0n) is 20.5. The van der Waals surface area contributed by atoms with Gasteiger partial charge in [0.1, 0.15) is 43.2 Å². The molecule has 6 N–H and O–H groups in total. The van der Waals surface area contributed by atoms with Crippen LogP contribution in [0.5, 0.6) is 0 Å². The van der Waals surface area contributed by atoms with Gasteiger partial charge in [-0.05, 0) is 6.42 Å². The number of hydrogen-bond donors (Lipinski definition) is 4. The van der Waals surface area contributed by atoms with Crippen molar-refractivity contribution < 1.29 is 28.5 Å². The van der Waals surface area contributed by atoms with Crippen molar-refractivity contribution >= 4 is 22.9 Å². The maximum Gasteiger partial charge on any atom is 0.196 e. The number of alkyl halides is 2. The highest BCUT2D eigenvalue weighted by molar-refractivity contribution is 5.59. The highest BCUT2D eigenvalue weighted by Crippen LogP contribution is 2.40. The van der Waals surface area contributed by atoms with Crippen LogP contribution in [-0.2, 0) is 9.47 Å². The van der Waals surface area contributed by atoms with Gasteiger partial charge in [-0.1, -0.05) is 13.8 Å². The molecule has 0 unspecified atom stereocenters. The Kier molecular flexibility index (Phi) is 7.04. The van der Waals surface area contributed by atoms with Gasteiger partial charge in [-0.15, -0.1) is 0 Å². The molecule has 38 heavy (non-hydrogen) atoms. The summed E-state index contributed by atoms with van der Waals surface area (Å²) in [6.45, 7) is 3.39. The van der Waals surface area contributed by atoms with Crippen LogP contribution in [0.15, 0.2) is 25.0 Å². The molecular weight excluding hydrogens is 506 g/mol. The molecule has 14 nitrogen and oxygen atoms in total. The van der Waals surface area contributed by atoms with E-state index < -0.39 is 43.4 Å². The number of halogens is 2. The van der Waals surface area contributed by atoms with Crippen LogP contribution < -0.4 is 11.5 Å². The van der Waals surface area contributed by atoms with Gasteiger partial charge >= 0.3 is 0 Å². The van der Waals surface area contributed by atoms with Gasteiger partial charge in [0.05, 0.1) is 36.5 Å². The molecule has 204 valence electrons. The molecule has 0 aliphatic carbocycles. The Morgan fingerprint density at radius 1 is 0.868 bits per heavy atom. The van der Waals surface area contributed by atoms with Gasteiger partial charge in [0.2, 0.25) is 0 Å². The number of nitrogens with two attached hydrogens (primary N) is 2. The fourth-order valence-electron chi connectivity index (χ4n) is 4.77. The summed E-state index contributed by atoms with van der Waals surface area (Å²) in [5.74, 6) is 0.295. The Balaban J connectivity index is 0.000000155. The van der Waals surface area contributed by atoms with Crippen LogP contribution in [0.3, 0.4) is 0 Å². The van der Waals surface area contributed by atoms with Crippen molar-refractivity contribution in [2.75, 3.05) is 18.1 Å². The molecule has 2 aliphatic heterocycles. The number of nitrogens with zero attached hydrogens (tertiary/aromatic N) is 8. The molecule has 0 bridgehead atoms. The van der Waals surface area contributed by atoms with E-state index in [1.165, 1.54) is 27.9 Å². The van der Waals surface area contributed by atoms with Gasteiger partial charge in [-0.3, -0.25) is 0 Å². The third-order valence-corrected chi connectivity index (χ3v) is 6.90. The fourth-order valence-corrected chi connectivity index (χ4v) is 4.77. The first-order valence-electron chi connectivity index (χ1n) is 12.0. The lowest BCUT2D eigenvalue weighted by Crippen LogP contribution is -2.30. The van der Waals surface area contributed by atoms with E-state index in [4.69, 9.17) is 26.0 Å². The number of imidazole rings is 2. The van der Waals surface area contributed by atoms with E-state index in [-0.39, 0.29) is 29.3 Å². The summed E-state index contributed by atoms with van der Waals surface area (Å²) < 4.78 is 42.3. The minimum Gasteiger partial charge on any atom is -0.394 e. The second kappa shape index (κ2) is 10.3. The van der Waals surface area contributed by atoms with Gasteiger partial charge in [0, 0.05) is 5.92 Å². The van der Waals surface area contributed by atoms with E-state index >= 15 is 0 Å². The summed E-state index contributed by atoms with van der Waals surface area (Å²) in [6, 6.07) is 0. The predicted molar refractivity (Wildman–Crippen MR) is 128 cm³/mol. The van der Waals surface area contributed by atoms with Crippen molar-refractivity contribution in [1.29, 1.82) is 0 Å². The number of aliphatic hydroxyl groups is 2. The first-order chi connectivity index (χ1) is 18.3. The lowest BCUT2D eigenvalue weighted by molar-refractivity contribution is -0.0241. The summed E-state index contributed by atoms with van der Waals surface area (Å²) in [7, 11) is 0. The monoisotopic (exact) mass is 534 g/mol. The Labute approximate surface area is 214 Å². The smallest absolute Gasteiger partial charge is 0.196 e. The maximum absolute atomic E-state index is 14.4. The van der Waals surface area contributed by atoms with E-state index in [2.05, 4.69) is 30.1 Å². The van der Waals surface area contributed by atoms with Crippen LogP contribution in [0.2, 0.25) is 0 Å².